The molecule has 114 valence electrons. The van der Waals surface area contributed by atoms with Gasteiger partial charge in [0.1, 0.15) is 11.6 Å². The molecular weight excluding hydrogens is 274 g/mol. The summed E-state index contributed by atoms with van der Waals surface area (Å²) in [4.78, 5) is 12.2. The van der Waals surface area contributed by atoms with E-state index in [9.17, 15) is 13.6 Å². The molecule has 1 aromatic rings. The number of rotatable bonds is 2. The molecule has 2 N–H and O–H groups in total. The van der Waals surface area contributed by atoms with Crippen molar-refractivity contribution in [3.63, 3.8) is 0 Å². The number of fused-ring (bicyclic) bond motifs is 1. The molecular formula is C16H20F2N2O. The number of hydrogen-bond acceptors (Lipinski definition) is 2. The number of anilines is 1. The first kappa shape index (κ1) is 14.4. The second kappa shape index (κ2) is 6.10. The Morgan fingerprint density at radius 1 is 1.05 bits per heavy atom. The third-order valence-electron chi connectivity index (χ3n) is 4.60. The Bertz CT molecular complexity index is 515. The van der Waals surface area contributed by atoms with E-state index in [2.05, 4.69) is 10.6 Å². The summed E-state index contributed by atoms with van der Waals surface area (Å²) >= 11 is 0. The second-order valence-electron chi connectivity index (χ2n) is 6.10. The first-order valence-electron chi connectivity index (χ1n) is 7.65. The highest BCUT2D eigenvalue weighted by Gasteiger charge is 2.34. The Morgan fingerprint density at radius 2 is 1.76 bits per heavy atom. The molecule has 5 heteroatoms. The summed E-state index contributed by atoms with van der Waals surface area (Å²) in [6, 6.07) is 3.20. The van der Waals surface area contributed by atoms with Crippen LogP contribution in [0.4, 0.5) is 14.5 Å². The normalized spacial score (nSPS) is 28.8. The van der Waals surface area contributed by atoms with Gasteiger partial charge in [0.05, 0.1) is 6.04 Å². The van der Waals surface area contributed by atoms with E-state index >= 15 is 0 Å². The number of amides is 1. The van der Waals surface area contributed by atoms with Gasteiger partial charge in [0.2, 0.25) is 5.91 Å². The van der Waals surface area contributed by atoms with Gasteiger partial charge in [0.25, 0.3) is 0 Å². The maximum Gasteiger partial charge on any atom is 0.241 e. The van der Waals surface area contributed by atoms with Gasteiger partial charge in [-0.05, 0) is 43.7 Å². The van der Waals surface area contributed by atoms with Crippen LogP contribution in [0, 0.1) is 17.6 Å². The predicted molar refractivity (Wildman–Crippen MR) is 76.9 cm³/mol. The average molecular weight is 294 g/mol. The molecule has 1 aliphatic heterocycles. The molecule has 3 nitrogen and oxygen atoms in total. The smallest absolute Gasteiger partial charge is 0.241 e. The summed E-state index contributed by atoms with van der Waals surface area (Å²) in [5.41, 5.74) is 0.171. The standard InChI is InChI=1S/C16H20F2N2O/c17-11-7-12(18)9-13(8-11)19-16(21)15-6-5-10-3-1-2-4-14(10)20-15/h7-10,14-15,20H,1-6H2,(H,19,21). The van der Waals surface area contributed by atoms with Crippen molar-refractivity contribution in [2.45, 2.75) is 50.6 Å². The lowest BCUT2D eigenvalue weighted by Crippen LogP contribution is -2.53. The van der Waals surface area contributed by atoms with Crippen LogP contribution in [0.3, 0.4) is 0 Å². The Morgan fingerprint density at radius 3 is 2.52 bits per heavy atom. The van der Waals surface area contributed by atoms with Crippen molar-refractivity contribution < 1.29 is 13.6 Å². The highest BCUT2D eigenvalue weighted by Crippen LogP contribution is 2.32. The number of benzene rings is 1. The molecule has 21 heavy (non-hydrogen) atoms. The molecule has 0 spiro atoms. The van der Waals surface area contributed by atoms with Gasteiger partial charge < -0.3 is 10.6 Å². The zero-order chi connectivity index (χ0) is 14.8. The van der Waals surface area contributed by atoms with E-state index < -0.39 is 11.6 Å². The monoisotopic (exact) mass is 294 g/mol. The number of carbonyl (C=O) groups is 1. The van der Waals surface area contributed by atoms with E-state index in [1.54, 1.807) is 0 Å². The van der Waals surface area contributed by atoms with Crippen molar-refractivity contribution in [1.82, 2.24) is 5.32 Å². The van der Waals surface area contributed by atoms with Crippen molar-refractivity contribution in [2.24, 2.45) is 5.92 Å². The van der Waals surface area contributed by atoms with Crippen LogP contribution in [0.1, 0.15) is 38.5 Å². The Labute approximate surface area is 123 Å². The highest BCUT2D eigenvalue weighted by atomic mass is 19.1. The summed E-state index contributed by atoms with van der Waals surface area (Å²) in [5, 5.41) is 6.01. The number of halogens is 2. The van der Waals surface area contributed by atoms with Gasteiger partial charge in [-0.25, -0.2) is 8.78 Å². The lowest BCUT2D eigenvalue weighted by molar-refractivity contribution is -0.119. The molecule has 0 radical (unpaired) electrons. The van der Waals surface area contributed by atoms with Gasteiger partial charge >= 0.3 is 0 Å². The largest absolute Gasteiger partial charge is 0.325 e. The first-order valence-corrected chi connectivity index (χ1v) is 7.65. The fourth-order valence-electron chi connectivity index (χ4n) is 3.56. The maximum atomic E-state index is 13.1. The molecule has 0 aromatic heterocycles. The molecule has 1 saturated heterocycles. The van der Waals surface area contributed by atoms with Crippen LogP contribution in [-0.4, -0.2) is 18.0 Å². The van der Waals surface area contributed by atoms with Crippen molar-refractivity contribution >= 4 is 11.6 Å². The number of hydrogen-bond donors (Lipinski definition) is 2. The molecule has 1 aromatic carbocycles. The van der Waals surface area contributed by atoms with Gasteiger partial charge in [0.15, 0.2) is 0 Å². The molecule has 2 fully saturated rings. The van der Waals surface area contributed by atoms with E-state index in [1.807, 2.05) is 0 Å². The SMILES string of the molecule is O=C(Nc1cc(F)cc(F)c1)C1CCC2CCCCC2N1. The molecule has 3 unspecified atom stereocenters. The minimum Gasteiger partial charge on any atom is -0.325 e. The van der Waals surface area contributed by atoms with E-state index in [-0.39, 0.29) is 17.6 Å². The summed E-state index contributed by atoms with van der Waals surface area (Å²) in [6.07, 6.45) is 6.67. The van der Waals surface area contributed by atoms with Crippen molar-refractivity contribution in [1.29, 1.82) is 0 Å². The zero-order valence-electron chi connectivity index (χ0n) is 11.9. The lowest BCUT2D eigenvalue weighted by Gasteiger charge is -2.39. The predicted octanol–water partition coefficient (Wildman–Crippen LogP) is 3.21. The molecule has 0 bridgehead atoms. The zero-order valence-corrected chi connectivity index (χ0v) is 11.9. The Balaban J connectivity index is 1.62. The molecule has 1 aliphatic carbocycles. The van der Waals surface area contributed by atoms with E-state index in [0.29, 0.717) is 12.0 Å². The topological polar surface area (TPSA) is 41.1 Å². The highest BCUT2D eigenvalue weighted by molar-refractivity contribution is 5.94. The minimum atomic E-state index is -0.686. The summed E-state index contributed by atoms with van der Waals surface area (Å²) in [5.74, 6) is -0.901. The van der Waals surface area contributed by atoms with Gasteiger partial charge in [-0.2, -0.15) is 0 Å². The van der Waals surface area contributed by atoms with Gasteiger partial charge in [-0.15, -0.1) is 0 Å². The van der Waals surface area contributed by atoms with Crippen LogP contribution in [0.15, 0.2) is 18.2 Å². The average Bonchev–Trinajstić information content (AvgIpc) is 2.45. The summed E-state index contributed by atoms with van der Waals surface area (Å²) in [6.45, 7) is 0. The third-order valence-corrected chi connectivity index (χ3v) is 4.60. The Kier molecular flexibility index (Phi) is 4.19. The molecule has 3 rings (SSSR count). The lowest BCUT2D eigenvalue weighted by atomic mass is 9.77. The quantitative estimate of drug-likeness (QED) is 0.879. The van der Waals surface area contributed by atoms with Crippen LogP contribution in [0.5, 0.6) is 0 Å². The van der Waals surface area contributed by atoms with Gasteiger partial charge in [0, 0.05) is 17.8 Å². The molecule has 1 saturated carbocycles. The Hall–Kier alpha value is -1.49. The molecule has 1 amide bonds. The van der Waals surface area contributed by atoms with Crippen molar-refractivity contribution in [3.8, 4) is 0 Å². The number of carbonyl (C=O) groups excluding carboxylic acids is 1. The van der Waals surface area contributed by atoms with E-state index in [4.69, 9.17) is 0 Å². The summed E-state index contributed by atoms with van der Waals surface area (Å²) < 4.78 is 26.3. The molecule has 1 heterocycles. The first-order chi connectivity index (χ1) is 10.1. The van der Waals surface area contributed by atoms with Crippen LogP contribution < -0.4 is 10.6 Å². The fourth-order valence-corrected chi connectivity index (χ4v) is 3.56. The van der Waals surface area contributed by atoms with Crippen LogP contribution in [-0.2, 0) is 4.79 Å². The van der Waals surface area contributed by atoms with Gasteiger partial charge in [-0.1, -0.05) is 12.8 Å². The van der Waals surface area contributed by atoms with Crippen LogP contribution >= 0.6 is 0 Å². The number of nitrogens with one attached hydrogen (secondary N) is 2. The number of piperidine rings is 1. The molecule has 3 atom stereocenters. The van der Waals surface area contributed by atoms with Crippen molar-refractivity contribution in [3.05, 3.63) is 29.8 Å². The third kappa shape index (κ3) is 3.40. The van der Waals surface area contributed by atoms with Crippen LogP contribution in [0.25, 0.3) is 0 Å². The summed E-state index contributed by atoms with van der Waals surface area (Å²) in [7, 11) is 0. The van der Waals surface area contributed by atoms with Crippen molar-refractivity contribution in [2.75, 3.05) is 5.32 Å². The fraction of sp³-hybridized carbons (Fsp3) is 0.562. The molecule has 2 aliphatic rings. The second-order valence-corrected chi connectivity index (χ2v) is 6.10. The van der Waals surface area contributed by atoms with E-state index in [1.165, 1.54) is 19.3 Å². The maximum absolute atomic E-state index is 13.1. The van der Waals surface area contributed by atoms with E-state index in [0.717, 1.165) is 37.5 Å². The minimum absolute atomic E-state index is 0.171. The van der Waals surface area contributed by atoms with Crippen LogP contribution in [0.2, 0.25) is 0 Å². The van der Waals surface area contributed by atoms with Gasteiger partial charge in [-0.3, -0.25) is 4.79 Å².